The normalized spacial score (nSPS) is 11.0. The second-order valence-electron chi connectivity index (χ2n) is 5.50. The van der Waals surface area contributed by atoms with Crippen LogP contribution in [0.3, 0.4) is 0 Å². The molecule has 0 spiro atoms. The van der Waals surface area contributed by atoms with Crippen LogP contribution >= 0.6 is 34.7 Å². The molecule has 7 heteroatoms. The highest BCUT2D eigenvalue weighted by molar-refractivity contribution is 7.98. The number of ether oxygens (including phenoxy) is 1. The van der Waals surface area contributed by atoms with Crippen LogP contribution in [0.25, 0.3) is 10.8 Å². The topological polar surface area (TPSA) is 47.9 Å². The molecule has 4 rings (SSSR count). The number of nitrogens with zero attached hydrogens (tertiary/aromatic N) is 3. The van der Waals surface area contributed by atoms with E-state index in [-0.39, 0.29) is 0 Å². The number of rotatable bonds is 6. The second-order valence-corrected chi connectivity index (χ2v) is 7.84. The lowest BCUT2D eigenvalue weighted by Crippen LogP contribution is -1.95. The molecule has 2 aromatic carbocycles. The fraction of sp³-hybridized carbons (Fsp3) is 0.105. The molecule has 0 fully saturated rings. The molecule has 26 heavy (non-hydrogen) atoms. The maximum atomic E-state index is 5.88. The van der Waals surface area contributed by atoms with Gasteiger partial charge in [0.15, 0.2) is 0 Å². The summed E-state index contributed by atoms with van der Waals surface area (Å²) in [4.78, 5) is 4.64. The Morgan fingerprint density at radius 2 is 1.92 bits per heavy atom. The summed E-state index contributed by atoms with van der Waals surface area (Å²) < 4.78 is 5.74. The molecule has 0 amide bonds. The number of fused-ring (bicyclic) bond motifs is 1. The van der Waals surface area contributed by atoms with E-state index >= 15 is 0 Å². The molecular weight excluding hydrogens is 386 g/mol. The lowest BCUT2D eigenvalue weighted by Gasteiger charge is -2.04. The second kappa shape index (κ2) is 8.03. The van der Waals surface area contributed by atoms with Gasteiger partial charge in [-0.1, -0.05) is 47.6 Å². The van der Waals surface area contributed by atoms with Gasteiger partial charge in [0.2, 0.25) is 0 Å². The number of thiazole rings is 1. The van der Waals surface area contributed by atoms with Gasteiger partial charge < -0.3 is 4.74 Å². The van der Waals surface area contributed by atoms with Crippen molar-refractivity contribution in [2.45, 2.75) is 17.4 Å². The van der Waals surface area contributed by atoms with Crippen LogP contribution in [0.5, 0.6) is 5.75 Å². The standard InChI is InChI=1S/C19H14ClN3OS2/c20-14-5-7-16(8-6-14)24-10-18-22-15(11-25-18)12-26-19-17-4-2-1-3-13(17)9-21-23-19/h1-9,11H,10,12H2. The highest BCUT2D eigenvalue weighted by Gasteiger charge is 2.08. The zero-order valence-corrected chi connectivity index (χ0v) is 16.0. The molecule has 4 nitrogen and oxygen atoms in total. The molecule has 0 aliphatic carbocycles. The van der Waals surface area contributed by atoms with E-state index in [1.165, 1.54) is 0 Å². The van der Waals surface area contributed by atoms with Crippen molar-refractivity contribution in [3.8, 4) is 5.75 Å². The largest absolute Gasteiger partial charge is 0.486 e. The predicted molar refractivity (Wildman–Crippen MR) is 107 cm³/mol. The molecule has 0 N–H and O–H groups in total. The minimum Gasteiger partial charge on any atom is -0.486 e. The van der Waals surface area contributed by atoms with Crippen LogP contribution in [-0.4, -0.2) is 15.2 Å². The third-order valence-corrected chi connectivity index (χ3v) is 5.81. The van der Waals surface area contributed by atoms with E-state index < -0.39 is 0 Å². The first-order chi connectivity index (χ1) is 12.8. The molecule has 0 atom stereocenters. The van der Waals surface area contributed by atoms with Gasteiger partial charge >= 0.3 is 0 Å². The minimum absolute atomic E-state index is 0.449. The zero-order chi connectivity index (χ0) is 17.8. The Hall–Kier alpha value is -2.15. The molecule has 0 saturated heterocycles. The van der Waals surface area contributed by atoms with E-state index in [1.54, 1.807) is 29.3 Å². The maximum absolute atomic E-state index is 5.88. The van der Waals surface area contributed by atoms with Crippen LogP contribution in [0.15, 0.2) is 65.1 Å². The number of benzene rings is 2. The third kappa shape index (κ3) is 4.15. The average molecular weight is 400 g/mol. The monoisotopic (exact) mass is 399 g/mol. The molecular formula is C19H14ClN3OS2. The SMILES string of the molecule is Clc1ccc(OCc2nc(CSc3nncc4ccccc34)cs2)cc1. The van der Waals surface area contributed by atoms with Crippen molar-refractivity contribution in [2.75, 3.05) is 0 Å². The van der Waals surface area contributed by atoms with E-state index in [1.807, 2.05) is 42.5 Å². The summed E-state index contributed by atoms with van der Waals surface area (Å²) in [5.74, 6) is 1.53. The zero-order valence-electron chi connectivity index (χ0n) is 13.6. The van der Waals surface area contributed by atoms with Crippen molar-refractivity contribution in [1.29, 1.82) is 0 Å². The number of hydrogen-bond donors (Lipinski definition) is 0. The van der Waals surface area contributed by atoms with Gasteiger partial charge in [-0.15, -0.1) is 16.4 Å². The Labute approximate surface area is 164 Å². The fourth-order valence-electron chi connectivity index (χ4n) is 2.41. The minimum atomic E-state index is 0.449. The van der Waals surface area contributed by atoms with Crippen molar-refractivity contribution < 1.29 is 4.74 Å². The highest BCUT2D eigenvalue weighted by atomic mass is 35.5. The number of hydrogen-bond acceptors (Lipinski definition) is 6. The van der Waals surface area contributed by atoms with Crippen LogP contribution in [0.1, 0.15) is 10.7 Å². The van der Waals surface area contributed by atoms with Crippen LogP contribution in [0, 0.1) is 0 Å². The van der Waals surface area contributed by atoms with Gasteiger partial charge in [0.1, 0.15) is 22.4 Å². The Kier molecular flexibility index (Phi) is 5.34. The molecule has 0 saturated carbocycles. The molecule has 0 aliphatic rings. The molecule has 0 radical (unpaired) electrons. The van der Waals surface area contributed by atoms with E-state index in [0.29, 0.717) is 11.6 Å². The molecule has 4 aromatic rings. The first-order valence-corrected chi connectivity index (χ1v) is 10.2. The Morgan fingerprint density at radius 1 is 1.08 bits per heavy atom. The Balaban J connectivity index is 1.38. The summed E-state index contributed by atoms with van der Waals surface area (Å²) in [7, 11) is 0. The summed E-state index contributed by atoms with van der Waals surface area (Å²) in [6, 6.07) is 15.5. The summed E-state index contributed by atoms with van der Waals surface area (Å²) in [6.45, 7) is 0.449. The lowest BCUT2D eigenvalue weighted by atomic mass is 10.2. The lowest BCUT2D eigenvalue weighted by molar-refractivity contribution is 0.305. The van der Waals surface area contributed by atoms with Gasteiger partial charge in [-0.25, -0.2) is 4.98 Å². The predicted octanol–water partition coefficient (Wildman–Crippen LogP) is 5.61. The maximum Gasteiger partial charge on any atom is 0.140 e. The quantitative estimate of drug-likeness (QED) is 0.394. The number of aromatic nitrogens is 3. The van der Waals surface area contributed by atoms with Crippen molar-refractivity contribution in [3.05, 3.63) is 75.8 Å². The van der Waals surface area contributed by atoms with E-state index in [2.05, 4.69) is 26.6 Å². The Morgan fingerprint density at radius 3 is 2.81 bits per heavy atom. The van der Waals surface area contributed by atoms with Gasteiger partial charge in [0.25, 0.3) is 0 Å². The van der Waals surface area contributed by atoms with Gasteiger partial charge in [-0.3, -0.25) is 0 Å². The van der Waals surface area contributed by atoms with Crippen LogP contribution in [-0.2, 0) is 12.4 Å². The summed E-state index contributed by atoms with van der Waals surface area (Å²) >= 11 is 9.12. The van der Waals surface area contributed by atoms with Gasteiger partial charge in [0, 0.05) is 26.9 Å². The average Bonchev–Trinajstić information content (AvgIpc) is 3.14. The van der Waals surface area contributed by atoms with Crippen LogP contribution in [0.4, 0.5) is 0 Å². The number of thioether (sulfide) groups is 1. The van der Waals surface area contributed by atoms with Gasteiger partial charge in [-0.2, -0.15) is 5.10 Å². The molecule has 2 aromatic heterocycles. The van der Waals surface area contributed by atoms with E-state index in [4.69, 9.17) is 16.3 Å². The molecule has 2 heterocycles. The first-order valence-electron chi connectivity index (χ1n) is 7.93. The highest BCUT2D eigenvalue weighted by Crippen LogP contribution is 2.28. The fourth-order valence-corrected chi connectivity index (χ4v) is 4.22. The van der Waals surface area contributed by atoms with Crippen LogP contribution in [0.2, 0.25) is 5.02 Å². The molecule has 0 unspecified atom stereocenters. The molecule has 130 valence electrons. The number of halogens is 1. The molecule has 0 aliphatic heterocycles. The van der Waals surface area contributed by atoms with Crippen molar-refractivity contribution in [2.24, 2.45) is 0 Å². The van der Waals surface area contributed by atoms with Crippen LogP contribution < -0.4 is 4.74 Å². The smallest absolute Gasteiger partial charge is 0.140 e. The van der Waals surface area contributed by atoms with E-state index in [0.717, 1.165) is 38.0 Å². The Bertz CT molecular complexity index is 1020. The van der Waals surface area contributed by atoms with Gasteiger partial charge in [-0.05, 0) is 24.3 Å². The van der Waals surface area contributed by atoms with Crippen molar-refractivity contribution in [1.82, 2.24) is 15.2 Å². The summed E-state index contributed by atoms with van der Waals surface area (Å²) in [5, 5.41) is 15.2. The summed E-state index contributed by atoms with van der Waals surface area (Å²) in [6.07, 6.45) is 1.79. The van der Waals surface area contributed by atoms with Crippen molar-refractivity contribution in [3.63, 3.8) is 0 Å². The summed E-state index contributed by atoms with van der Waals surface area (Å²) in [5.41, 5.74) is 1.02. The van der Waals surface area contributed by atoms with E-state index in [9.17, 15) is 0 Å². The van der Waals surface area contributed by atoms with Crippen molar-refractivity contribution >= 4 is 45.5 Å². The first kappa shape index (κ1) is 17.3. The third-order valence-electron chi connectivity index (χ3n) is 3.67. The molecule has 0 bridgehead atoms. The van der Waals surface area contributed by atoms with Gasteiger partial charge in [0.05, 0.1) is 11.9 Å².